The third-order valence-electron chi connectivity index (χ3n) is 2.06. The highest BCUT2D eigenvalue weighted by molar-refractivity contribution is 6.33. The first kappa shape index (κ1) is 11.6. The number of rotatable bonds is 2. The van der Waals surface area contributed by atoms with Crippen LogP contribution in [-0.2, 0) is 0 Å². The molecule has 88 valence electrons. The van der Waals surface area contributed by atoms with Crippen molar-refractivity contribution in [3.63, 3.8) is 0 Å². The summed E-state index contributed by atoms with van der Waals surface area (Å²) in [4.78, 5) is 7.91. The normalized spacial score (nSPS) is 10.3. The third-order valence-corrected chi connectivity index (χ3v) is 2.39. The molecule has 0 spiro atoms. The molecule has 4 nitrogen and oxygen atoms in total. The number of benzene rings is 1. The lowest BCUT2D eigenvalue weighted by Gasteiger charge is -2.08. The number of hydrogen-bond donors (Lipinski definition) is 2. The van der Waals surface area contributed by atoms with Crippen molar-refractivity contribution >= 4 is 29.1 Å². The molecule has 0 saturated carbocycles. The van der Waals surface area contributed by atoms with E-state index in [9.17, 15) is 4.39 Å². The fraction of sp³-hybridized carbons (Fsp3) is 0.0909. The summed E-state index contributed by atoms with van der Waals surface area (Å²) in [5.41, 5.74) is 6.66. The highest BCUT2D eigenvalue weighted by Gasteiger charge is 2.05. The molecule has 0 fully saturated rings. The fourth-order valence-electron chi connectivity index (χ4n) is 1.39. The zero-order chi connectivity index (χ0) is 12.4. The Morgan fingerprint density at radius 2 is 2.06 bits per heavy atom. The number of aromatic nitrogens is 2. The minimum absolute atomic E-state index is 0.153. The lowest BCUT2D eigenvalue weighted by molar-refractivity contribution is 0.628. The second-order valence-electron chi connectivity index (χ2n) is 3.50. The number of nitrogens with zero attached hydrogens (tertiary/aromatic N) is 2. The van der Waals surface area contributed by atoms with Gasteiger partial charge in [-0.05, 0) is 25.1 Å². The lowest BCUT2D eigenvalue weighted by atomic mass is 10.3. The van der Waals surface area contributed by atoms with Crippen molar-refractivity contribution in [2.24, 2.45) is 0 Å². The monoisotopic (exact) mass is 252 g/mol. The summed E-state index contributed by atoms with van der Waals surface area (Å²) in [7, 11) is 0. The molecule has 0 saturated heterocycles. The predicted octanol–water partition coefficient (Wildman–Crippen LogP) is 2.90. The van der Waals surface area contributed by atoms with Gasteiger partial charge in [0.2, 0.25) is 5.95 Å². The Bertz CT molecular complexity index is 539. The van der Waals surface area contributed by atoms with Crippen molar-refractivity contribution < 1.29 is 4.39 Å². The van der Waals surface area contributed by atoms with E-state index in [-0.39, 0.29) is 11.8 Å². The molecule has 2 aromatic rings. The Morgan fingerprint density at radius 1 is 1.29 bits per heavy atom. The molecule has 0 aliphatic heterocycles. The topological polar surface area (TPSA) is 63.8 Å². The molecule has 0 radical (unpaired) electrons. The van der Waals surface area contributed by atoms with Crippen molar-refractivity contribution in [3.8, 4) is 0 Å². The van der Waals surface area contributed by atoms with E-state index in [0.29, 0.717) is 22.2 Å². The molecular weight excluding hydrogens is 243 g/mol. The van der Waals surface area contributed by atoms with Crippen molar-refractivity contribution in [3.05, 3.63) is 40.8 Å². The van der Waals surface area contributed by atoms with Gasteiger partial charge in [0.15, 0.2) is 0 Å². The van der Waals surface area contributed by atoms with E-state index in [0.717, 1.165) is 0 Å². The summed E-state index contributed by atoms with van der Waals surface area (Å²) in [6, 6.07) is 5.73. The summed E-state index contributed by atoms with van der Waals surface area (Å²) in [5.74, 6) is 0.248. The minimum atomic E-state index is -0.379. The quantitative estimate of drug-likeness (QED) is 0.863. The molecule has 6 heteroatoms. The molecule has 0 aliphatic carbocycles. The van der Waals surface area contributed by atoms with Crippen molar-refractivity contribution in [2.45, 2.75) is 6.92 Å². The number of nitrogens with one attached hydrogen (secondary N) is 1. The van der Waals surface area contributed by atoms with Crippen LogP contribution in [-0.4, -0.2) is 9.97 Å². The van der Waals surface area contributed by atoms with Crippen LogP contribution in [0.5, 0.6) is 0 Å². The molecule has 0 bridgehead atoms. The van der Waals surface area contributed by atoms with Gasteiger partial charge >= 0.3 is 0 Å². The summed E-state index contributed by atoms with van der Waals surface area (Å²) in [5, 5.41) is 3.30. The predicted molar refractivity (Wildman–Crippen MR) is 65.9 cm³/mol. The van der Waals surface area contributed by atoms with Gasteiger partial charge in [-0.3, -0.25) is 0 Å². The molecular formula is C11H10ClFN4. The van der Waals surface area contributed by atoms with E-state index in [1.807, 2.05) is 0 Å². The molecule has 2 rings (SSSR count). The second kappa shape index (κ2) is 4.55. The Balaban J connectivity index is 2.34. The zero-order valence-corrected chi connectivity index (χ0v) is 9.79. The van der Waals surface area contributed by atoms with Gasteiger partial charge < -0.3 is 11.1 Å². The Hall–Kier alpha value is -1.88. The maximum atomic E-state index is 13.1. The van der Waals surface area contributed by atoms with Gasteiger partial charge in [-0.25, -0.2) is 9.37 Å². The highest BCUT2D eigenvalue weighted by Crippen LogP contribution is 2.25. The highest BCUT2D eigenvalue weighted by atomic mass is 35.5. The lowest BCUT2D eigenvalue weighted by Crippen LogP contribution is -2.01. The first-order valence-electron chi connectivity index (χ1n) is 4.88. The average molecular weight is 253 g/mol. The summed E-state index contributed by atoms with van der Waals surface area (Å²) < 4.78 is 13.1. The maximum Gasteiger partial charge on any atom is 0.222 e. The van der Waals surface area contributed by atoms with Gasteiger partial charge in [-0.1, -0.05) is 11.6 Å². The molecule has 1 aromatic heterocycles. The van der Waals surface area contributed by atoms with Crippen LogP contribution < -0.4 is 11.1 Å². The minimum Gasteiger partial charge on any atom is -0.368 e. The maximum absolute atomic E-state index is 13.1. The van der Waals surface area contributed by atoms with Crippen LogP contribution in [0.3, 0.4) is 0 Å². The van der Waals surface area contributed by atoms with E-state index < -0.39 is 0 Å². The number of nitrogen functional groups attached to an aromatic ring is 1. The number of aryl methyl sites for hydroxylation is 1. The van der Waals surface area contributed by atoms with E-state index in [1.165, 1.54) is 18.2 Å². The van der Waals surface area contributed by atoms with Crippen LogP contribution in [0.1, 0.15) is 5.69 Å². The summed E-state index contributed by atoms with van der Waals surface area (Å²) in [6.07, 6.45) is 0. The second-order valence-corrected chi connectivity index (χ2v) is 3.91. The van der Waals surface area contributed by atoms with Gasteiger partial charge in [-0.15, -0.1) is 0 Å². The molecule has 1 heterocycles. The smallest absolute Gasteiger partial charge is 0.222 e. The first-order valence-corrected chi connectivity index (χ1v) is 5.25. The van der Waals surface area contributed by atoms with E-state index >= 15 is 0 Å². The number of nitrogens with two attached hydrogens (primary N) is 1. The van der Waals surface area contributed by atoms with Crippen LogP contribution in [0.25, 0.3) is 0 Å². The summed E-state index contributed by atoms with van der Waals surface area (Å²) in [6.45, 7) is 1.79. The molecule has 17 heavy (non-hydrogen) atoms. The fourth-order valence-corrected chi connectivity index (χ4v) is 1.55. The van der Waals surface area contributed by atoms with Gasteiger partial charge in [0.05, 0.1) is 10.7 Å². The summed E-state index contributed by atoms with van der Waals surface area (Å²) >= 11 is 5.92. The van der Waals surface area contributed by atoms with Gasteiger partial charge in [0.25, 0.3) is 0 Å². The molecule has 0 aliphatic rings. The zero-order valence-electron chi connectivity index (χ0n) is 9.04. The Morgan fingerprint density at radius 3 is 2.76 bits per heavy atom. The number of hydrogen-bond acceptors (Lipinski definition) is 4. The van der Waals surface area contributed by atoms with Gasteiger partial charge in [0.1, 0.15) is 11.6 Å². The largest absolute Gasteiger partial charge is 0.368 e. The molecule has 3 N–H and O–H groups in total. The molecule has 0 amide bonds. The van der Waals surface area contributed by atoms with Crippen molar-refractivity contribution in [2.75, 3.05) is 11.1 Å². The third kappa shape index (κ3) is 2.82. The van der Waals surface area contributed by atoms with Crippen LogP contribution in [0.4, 0.5) is 21.8 Å². The van der Waals surface area contributed by atoms with Crippen molar-refractivity contribution in [1.82, 2.24) is 9.97 Å². The van der Waals surface area contributed by atoms with Crippen LogP contribution in [0.15, 0.2) is 24.3 Å². The Labute approximate surface area is 103 Å². The SMILES string of the molecule is Cc1cc(Nc2cc(F)ccc2Cl)nc(N)n1. The Kier molecular flexibility index (Phi) is 3.10. The van der Waals surface area contributed by atoms with Gasteiger partial charge in [-0.2, -0.15) is 4.98 Å². The first-order chi connectivity index (χ1) is 8.04. The van der Waals surface area contributed by atoms with E-state index in [2.05, 4.69) is 15.3 Å². The van der Waals surface area contributed by atoms with Crippen LogP contribution in [0, 0.1) is 12.7 Å². The van der Waals surface area contributed by atoms with E-state index in [4.69, 9.17) is 17.3 Å². The molecule has 0 unspecified atom stereocenters. The molecule has 0 atom stereocenters. The average Bonchev–Trinajstić information content (AvgIpc) is 2.22. The standard InChI is InChI=1S/C11H10ClFN4/c1-6-4-10(17-11(14)15-6)16-9-5-7(13)2-3-8(9)12/h2-5H,1H3,(H3,14,15,16,17). The van der Waals surface area contributed by atoms with Crippen LogP contribution >= 0.6 is 11.6 Å². The number of anilines is 3. The van der Waals surface area contributed by atoms with Gasteiger partial charge in [0, 0.05) is 11.8 Å². The van der Waals surface area contributed by atoms with E-state index in [1.54, 1.807) is 13.0 Å². The molecule has 1 aromatic carbocycles. The van der Waals surface area contributed by atoms with Crippen molar-refractivity contribution in [1.29, 1.82) is 0 Å². The van der Waals surface area contributed by atoms with Crippen LogP contribution in [0.2, 0.25) is 5.02 Å². The number of halogens is 2.